The molecule has 1 radical (unpaired) electrons. The monoisotopic (exact) mass is 250 g/mol. The molecule has 0 amide bonds. The number of thiazole rings is 1. The van der Waals surface area contributed by atoms with Crippen molar-refractivity contribution < 1.29 is 9.63 Å². The summed E-state index contributed by atoms with van der Waals surface area (Å²) in [6.07, 6.45) is 4.84. The lowest BCUT2D eigenvalue weighted by Gasteiger charge is -1.96. The zero-order valence-corrected chi connectivity index (χ0v) is 9.40. The predicted octanol–water partition coefficient (Wildman–Crippen LogP) is 0.479. The lowest BCUT2D eigenvalue weighted by molar-refractivity contribution is 0.128. The van der Waals surface area contributed by atoms with Crippen molar-refractivity contribution in [1.82, 2.24) is 15.0 Å². The lowest BCUT2D eigenvalue weighted by atomic mass is 10.3. The number of aromatic amines is 1. The Morgan fingerprint density at radius 2 is 2.59 bits per heavy atom. The van der Waals surface area contributed by atoms with E-state index in [0.717, 1.165) is 0 Å². The number of carbonyl (C=O) groups excluding carboxylic acids is 1. The molecule has 0 aliphatic heterocycles. The van der Waals surface area contributed by atoms with Gasteiger partial charge in [0.25, 0.3) is 6.29 Å². The van der Waals surface area contributed by atoms with Gasteiger partial charge in [-0.15, -0.1) is 11.3 Å². The number of oxime groups is 1. The topological polar surface area (TPSA) is 106 Å². The average molecular weight is 250 g/mol. The highest BCUT2D eigenvalue weighted by Crippen LogP contribution is 2.11. The molecule has 17 heavy (non-hydrogen) atoms. The third-order valence-electron chi connectivity index (χ3n) is 1.78. The molecule has 0 unspecified atom stereocenters. The van der Waals surface area contributed by atoms with Gasteiger partial charge in [-0.3, -0.25) is 4.79 Å². The predicted molar refractivity (Wildman–Crippen MR) is 62.1 cm³/mol. The first-order chi connectivity index (χ1) is 8.29. The van der Waals surface area contributed by atoms with Gasteiger partial charge in [0.2, 0.25) is 0 Å². The van der Waals surface area contributed by atoms with Gasteiger partial charge in [0.15, 0.2) is 17.5 Å². The van der Waals surface area contributed by atoms with E-state index in [1.165, 1.54) is 17.7 Å². The lowest BCUT2D eigenvalue weighted by Crippen LogP contribution is -2.04. The van der Waals surface area contributed by atoms with E-state index in [1.807, 2.05) is 0 Å². The smallest absolute Gasteiger partial charge is 0.259 e. The highest BCUT2D eigenvalue weighted by atomic mass is 32.1. The Morgan fingerprint density at radius 1 is 1.71 bits per heavy atom. The summed E-state index contributed by atoms with van der Waals surface area (Å²) in [7, 11) is 0. The summed E-state index contributed by atoms with van der Waals surface area (Å²) in [6.45, 7) is 0.161. The Kier molecular flexibility index (Phi) is 3.46. The Morgan fingerprint density at radius 3 is 3.18 bits per heavy atom. The molecule has 0 saturated heterocycles. The van der Waals surface area contributed by atoms with E-state index in [4.69, 9.17) is 10.6 Å². The zero-order valence-electron chi connectivity index (χ0n) is 8.58. The van der Waals surface area contributed by atoms with Crippen LogP contribution in [0.3, 0.4) is 0 Å². The van der Waals surface area contributed by atoms with Gasteiger partial charge < -0.3 is 15.6 Å². The van der Waals surface area contributed by atoms with Crippen LogP contribution in [-0.2, 0) is 16.2 Å². The molecule has 0 saturated carbocycles. The SMILES string of the molecule is Nc1nc(/C([C]=O)=N\OCc2c[nH]cn2)cs1. The number of aromatic nitrogens is 3. The Hall–Kier alpha value is -2.22. The van der Waals surface area contributed by atoms with Gasteiger partial charge in [-0.05, 0) is 0 Å². The highest BCUT2D eigenvalue weighted by Gasteiger charge is 2.08. The number of nitrogen functional groups attached to an aromatic ring is 1. The van der Waals surface area contributed by atoms with E-state index in [0.29, 0.717) is 16.5 Å². The molecule has 0 aliphatic rings. The minimum Gasteiger partial charge on any atom is -0.389 e. The zero-order chi connectivity index (χ0) is 12.1. The molecule has 2 rings (SSSR count). The molecule has 0 spiro atoms. The molecule has 2 aromatic rings. The maximum absolute atomic E-state index is 10.7. The van der Waals surface area contributed by atoms with E-state index < -0.39 is 0 Å². The molecule has 0 fully saturated rings. The maximum atomic E-state index is 10.7. The van der Waals surface area contributed by atoms with Crippen LogP contribution < -0.4 is 5.73 Å². The molecule has 3 N–H and O–H groups in total. The third-order valence-corrected chi connectivity index (χ3v) is 2.46. The van der Waals surface area contributed by atoms with Gasteiger partial charge in [-0.25, -0.2) is 9.97 Å². The van der Waals surface area contributed by atoms with Crippen molar-refractivity contribution in [3.05, 3.63) is 29.3 Å². The van der Waals surface area contributed by atoms with Gasteiger partial charge in [-0.1, -0.05) is 5.16 Å². The van der Waals surface area contributed by atoms with Crippen LogP contribution in [0.5, 0.6) is 0 Å². The Balaban J connectivity index is 2.01. The molecular weight excluding hydrogens is 242 g/mol. The fourth-order valence-electron chi connectivity index (χ4n) is 1.05. The standard InChI is InChI=1S/C9H8N5O2S/c10-9-13-8(4-17-9)7(2-15)14-16-3-6-1-11-5-12-6/h1,4-5H,3H2,(H2,10,13)(H,11,12)/b14-7-. The minimum atomic E-state index is -0.0199. The molecule has 7 nitrogen and oxygen atoms in total. The molecule has 0 aliphatic carbocycles. The third kappa shape index (κ3) is 2.88. The van der Waals surface area contributed by atoms with E-state index in [-0.39, 0.29) is 12.3 Å². The quantitative estimate of drug-likeness (QED) is 0.593. The molecule has 0 bridgehead atoms. The van der Waals surface area contributed by atoms with Crippen molar-refractivity contribution >= 4 is 28.5 Å². The number of hydrogen-bond donors (Lipinski definition) is 2. The van der Waals surface area contributed by atoms with Crippen molar-refractivity contribution in [3.63, 3.8) is 0 Å². The highest BCUT2D eigenvalue weighted by molar-refractivity contribution is 7.13. The molecule has 0 aromatic carbocycles. The fraction of sp³-hybridized carbons (Fsp3) is 0.111. The van der Waals surface area contributed by atoms with Crippen LogP contribution in [0, 0.1) is 0 Å². The van der Waals surface area contributed by atoms with E-state index >= 15 is 0 Å². The van der Waals surface area contributed by atoms with Gasteiger partial charge in [0.05, 0.1) is 12.0 Å². The van der Waals surface area contributed by atoms with Gasteiger partial charge in [-0.2, -0.15) is 0 Å². The first-order valence-corrected chi connectivity index (χ1v) is 5.44. The number of nitrogens with zero attached hydrogens (tertiary/aromatic N) is 3. The summed E-state index contributed by atoms with van der Waals surface area (Å²) < 4.78 is 0. The molecular formula is C9H8N5O2S. The summed E-state index contributed by atoms with van der Waals surface area (Å²) in [5, 5.41) is 5.59. The summed E-state index contributed by atoms with van der Waals surface area (Å²) in [5.41, 5.74) is 6.45. The largest absolute Gasteiger partial charge is 0.389 e. The number of anilines is 1. The van der Waals surface area contributed by atoms with E-state index in [1.54, 1.807) is 17.9 Å². The minimum absolute atomic E-state index is 0.0199. The number of H-pyrrole nitrogens is 1. The second-order valence-electron chi connectivity index (χ2n) is 2.95. The van der Waals surface area contributed by atoms with E-state index in [2.05, 4.69) is 20.1 Å². The molecule has 8 heteroatoms. The summed E-state index contributed by atoms with van der Waals surface area (Å²) in [4.78, 5) is 26.2. The van der Waals surface area contributed by atoms with Crippen LogP contribution in [0.1, 0.15) is 11.4 Å². The number of nitrogens with one attached hydrogen (secondary N) is 1. The number of rotatable bonds is 5. The second kappa shape index (κ2) is 5.21. The van der Waals surface area contributed by atoms with Crippen LogP contribution in [-0.4, -0.2) is 26.9 Å². The van der Waals surface area contributed by atoms with Crippen LogP contribution in [0.4, 0.5) is 5.13 Å². The van der Waals surface area contributed by atoms with Crippen LogP contribution in [0.25, 0.3) is 0 Å². The van der Waals surface area contributed by atoms with Crippen LogP contribution in [0.15, 0.2) is 23.1 Å². The summed E-state index contributed by atoms with van der Waals surface area (Å²) >= 11 is 1.21. The van der Waals surface area contributed by atoms with Gasteiger partial charge in [0, 0.05) is 11.6 Å². The molecule has 2 heterocycles. The number of nitrogens with two attached hydrogens (primary N) is 1. The average Bonchev–Trinajstić information content (AvgIpc) is 2.96. The normalized spacial score (nSPS) is 11.4. The maximum Gasteiger partial charge on any atom is 0.259 e. The summed E-state index contributed by atoms with van der Waals surface area (Å²) in [5.74, 6) is 0. The van der Waals surface area contributed by atoms with Crippen LogP contribution >= 0.6 is 11.3 Å². The molecule has 87 valence electrons. The fourth-order valence-corrected chi connectivity index (χ4v) is 1.59. The van der Waals surface area contributed by atoms with Crippen molar-refractivity contribution in [2.75, 3.05) is 5.73 Å². The first-order valence-electron chi connectivity index (χ1n) is 4.56. The molecule has 0 atom stereocenters. The Labute approximate surface area is 100 Å². The number of imidazole rings is 1. The van der Waals surface area contributed by atoms with Gasteiger partial charge >= 0.3 is 0 Å². The summed E-state index contributed by atoms with van der Waals surface area (Å²) in [6, 6.07) is 0. The van der Waals surface area contributed by atoms with Crippen LogP contribution in [0.2, 0.25) is 0 Å². The van der Waals surface area contributed by atoms with Crippen molar-refractivity contribution in [3.8, 4) is 0 Å². The second-order valence-corrected chi connectivity index (χ2v) is 3.84. The van der Waals surface area contributed by atoms with E-state index in [9.17, 15) is 4.79 Å². The molecule has 2 aromatic heterocycles. The first kappa shape index (κ1) is 11.3. The van der Waals surface area contributed by atoms with Crippen molar-refractivity contribution in [2.24, 2.45) is 5.16 Å². The van der Waals surface area contributed by atoms with Gasteiger partial charge in [0.1, 0.15) is 5.69 Å². The van der Waals surface area contributed by atoms with Crippen molar-refractivity contribution in [2.45, 2.75) is 6.61 Å². The van der Waals surface area contributed by atoms with Crippen molar-refractivity contribution in [1.29, 1.82) is 0 Å². The number of hydrogen-bond acceptors (Lipinski definition) is 7. The Bertz CT molecular complexity index is 519.